The van der Waals surface area contributed by atoms with Crippen LogP contribution in [0, 0.1) is 5.92 Å². The van der Waals surface area contributed by atoms with Gasteiger partial charge in [-0.1, -0.05) is 12.8 Å². The molecular formula is C15H27NO2S. The fourth-order valence-corrected chi connectivity index (χ4v) is 5.19. The van der Waals surface area contributed by atoms with Gasteiger partial charge in [-0.3, -0.25) is 0 Å². The first-order chi connectivity index (χ1) is 9.27. The molecule has 1 aliphatic carbocycles. The normalized spacial score (nSPS) is 43.7. The van der Waals surface area contributed by atoms with Crippen molar-refractivity contribution in [2.45, 2.75) is 62.7 Å². The molecule has 2 heterocycles. The van der Waals surface area contributed by atoms with Gasteiger partial charge in [-0.2, -0.15) is 11.8 Å². The predicted octanol–water partition coefficient (Wildman–Crippen LogP) is 2.18. The lowest BCUT2D eigenvalue weighted by Gasteiger charge is -2.39. The molecule has 1 saturated carbocycles. The molecule has 0 bridgehead atoms. The van der Waals surface area contributed by atoms with Gasteiger partial charge in [0.25, 0.3) is 0 Å². The molecule has 2 N–H and O–H groups in total. The standard InChI is InChI=1S/C15H27NO2S/c17-14-4-2-1-3-12(14)10-16-13-5-7-18-15(9-13)6-8-19-11-15/h12-14,16-17H,1-11H2. The lowest BCUT2D eigenvalue weighted by molar-refractivity contribution is -0.0711. The van der Waals surface area contributed by atoms with E-state index in [-0.39, 0.29) is 11.7 Å². The van der Waals surface area contributed by atoms with E-state index < -0.39 is 0 Å². The molecule has 2 aliphatic heterocycles. The van der Waals surface area contributed by atoms with Crippen molar-refractivity contribution < 1.29 is 9.84 Å². The highest BCUT2D eigenvalue weighted by Gasteiger charge is 2.40. The van der Waals surface area contributed by atoms with Crippen molar-refractivity contribution >= 4 is 11.8 Å². The van der Waals surface area contributed by atoms with Gasteiger partial charge in [-0.15, -0.1) is 0 Å². The molecule has 1 spiro atoms. The van der Waals surface area contributed by atoms with E-state index in [9.17, 15) is 5.11 Å². The van der Waals surface area contributed by atoms with E-state index in [4.69, 9.17) is 4.74 Å². The molecule has 19 heavy (non-hydrogen) atoms. The smallest absolute Gasteiger partial charge is 0.0795 e. The molecular weight excluding hydrogens is 258 g/mol. The molecule has 0 aromatic rings. The molecule has 4 atom stereocenters. The van der Waals surface area contributed by atoms with E-state index in [1.807, 2.05) is 11.8 Å². The average molecular weight is 285 g/mol. The van der Waals surface area contributed by atoms with Crippen LogP contribution in [-0.2, 0) is 4.74 Å². The van der Waals surface area contributed by atoms with Gasteiger partial charge in [0.15, 0.2) is 0 Å². The molecule has 3 rings (SSSR count). The van der Waals surface area contributed by atoms with Crippen LogP contribution in [0.2, 0.25) is 0 Å². The summed E-state index contributed by atoms with van der Waals surface area (Å²) in [6.07, 6.45) is 8.14. The summed E-state index contributed by atoms with van der Waals surface area (Å²) in [4.78, 5) is 0. The van der Waals surface area contributed by atoms with E-state index in [0.29, 0.717) is 12.0 Å². The second kappa shape index (κ2) is 6.33. The summed E-state index contributed by atoms with van der Waals surface area (Å²) in [7, 11) is 0. The Bertz CT molecular complexity index is 294. The van der Waals surface area contributed by atoms with Gasteiger partial charge in [0.2, 0.25) is 0 Å². The Kier molecular flexibility index (Phi) is 4.73. The van der Waals surface area contributed by atoms with Crippen LogP contribution in [0.1, 0.15) is 44.9 Å². The Morgan fingerprint density at radius 2 is 2.16 bits per heavy atom. The second-order valence-corrected chi connectivity index (χ2v) is 7.65. The van der Waals surface area contributed by atoms with Crippen molar-refractivity contribution in [3.63, 3.8) is 0 Å². The van der Waals surface area contributed by atoms with Crippen LogP contribution in [0.3, 0.4) is 0 Å². The Hall–Kier alpha value is 0.230. The second-order valence-electron chi connectivity index (χ2n) is 6.54. The summed E-state index contributed by atoms with van der Waals surface area (Å²) in [5.74, 6) is 2.91. The maximum Gasteiger partial charge on any atom is 0.0795 e. The number of thioether (sulfide) groups is 1. The third-order valence-corrected chi connectivity index (χ3v) is 6.32. The van der Waals surface area contributed by atoms with E-state index in [0.717, 1.165) is 26.0 Å². The molecule has 3 nitrogen and oxygen atoms in total. The molecule has 4 unspecified atom stereocenters. The highest BCUT2D eigenvalue weighted by molar-refractivity contribution is 7.99. The minimum atomic E-state index is -0.0721. The lowest BCUT2D eigenvalue weighted by atomic mass is 9.85. The van der Waals surface area contributed by atoms with Gasteiger partial charge in [0.1, 0.15) is 0 Å². The van der Waals surface area contributed by atoms with Crippen LogP contribution in [0.4, 0.5) is 0 Å². The van der Waals surface area contributed by atoms with E-state index in [1.54, 1.807) is 0 Å². The Labute approximate surface area is 120 Å². The number of ether oxygens (including phenoxy) is 1. The third kappa shape index (κ3) is 3.46. The summed E-state index contributed by atoms with van der Waals surface area (Å²) >= 11 is 2.04. The maximum absolute atomic E-state index is 10.0. The first-order valence-electron chi connectivity index (χ1n) is 7.91. The number of aliphatic hydroxyl groups excluding tert-OH is 1. The van der Waals surface area contributed by atoms with Crippen LogP contribution >= 0.6 is 11.8 Å². The zero-order valence-electron chi connectivity index (χ0n) is 11.8. The Morgan fingerprint density at radius 1 is 1.26 bits per heavy atom. The monoisotopic (exact) mass is 285 g/mol. The summed E-state index contributed by atoms with van der Waals surface area (Å²) in [5.41, 5.74) is 0.172. The third-order valence-electron chi connectivity index (χ3n) is 5.10. The van der Waals surface area contributed by atoms with Gasteiger partial charge < -0.3 is 15.2 Å². The van der Waals surface area contributed by atoms with Crippen LogP contribution in [0.5, 0.6) is 0 Å². The molecule has 0 amide bonds. The summed E-state index contributed by atoms with van der Waals surface area (Å²) < 4.78 is 6.06. The van der Waals surface area contributed by atoms with E-state index >= 15 is 0 Å². The number of rotatable bonds is 3. The first-order valence-corrected chi connectivity index (χ1v) is 9.06. The van der Waals surface area contributed by atoms with Crippen LogP contribution in [0.15, 0.2) is 0 Å². The van der Waals surface area contributed by atoms with Crippen LogP contribution in [-0.4, -0.2) is 47.5 Å². The molecule has 0 aromatic carbocycles. The minimum Gasteiger partial charge on any atom is -0.393 e. The van der Waals surface area contributed by atoms with Crippen molar-refractivity contribution in [2.75, 3.05) is 24.7 Å². The Balaban J connectivity index is 1.47. The fourth-order valence-electron chi connectivity index (χ4n) is 3.81. The van der Waals surface area contributed by atoms with Crippen LogP contribution < -0.4 is 5.32 Å². The average Bonchev–Trinajstić information content (AvgIpc) is 2.86. The zero-order valence-corrected chi connectivity index (χ0v) is 12.6. The fraction of sp³-hybridized carbons (Fsp3) is 1.00. The van der Waals surface area contributed by atoms with E-state index in [1.165, 1.54) is 43.6 Å². The van der Waals surface area contributed by atoms with Gasteiger partial charge in [0.05, 0.1) is 11.7 Å². The maximum atomic E-state index is 10.0. The molecule has 110 valence electrons. The van der Waals surface area contributed by atoms with Crippen LogP contribution in [0.25, 0.3) is 0 Å². The van der Waals surface area contributed by atoms with Gasteiger partial charge in [-0.25, -0.2) is 0 Å². The van der Waals surface area contributed by atoms with Crippen molar-refractivity contribution in [1.82, 2.24) is 5.32 Å². The van der Waals surface area contributed by atoms with Crippen molar-refractivity contribution in [1.29, 1.82) is 0 Å². The van der Waals surface area contributed by atoms with Gasteiger partial charge in [0, 0.05) is 24.9 Å². The summed E-state index contributed by atoms with van der Waals surface area (Å²) in [5, 5.41) is 13.8. The Morgan fingerprint density at radius 3 is 2.95 bits per heavy atom. The summed E-state index contributed by atoms with van der Waals surface area (Å²) in [6.45, 7) is 1.90. The van der Waals surface area contributed by atoms with Crippen molar-refractivity contribution in [3.05, 3.63) is 0 Å². The minimum absolute atomic E-state index is 0.0721. The largest absolute Gasteiger partial charge is 0.393 e. The van der Waals surface area contributed by atoms with E-state index in [2.05, 4.69) is 5.32 Å². The highest BCUT2D eigenvalue weighted by Crippen LogP contribution is 2.38. The highest BCUT2D eigenvalue weighted by atomic mass is 32.2. The molecule has 0 aromatic heterocycles. The van der Waals surface area contributed by atoms with Crippen molar-refractivity contribution in [2.24, 2.45) is 5.92 Å². The molecule has 2 saturated heterocycles. The number of nitrogens with one attached hydrogen (secondary N) is 1. The van der Waals surface area contributed by atoms with Gasteiger partial charge >= 0.3 is 0 Å². The number of hydrogen-bond donors (Lipinski definition) is 2. The SMILES string of the molecule is OC1CCCCC1CNC1CCOC2(CCSC2)C1. The summed E-state index contributed by atoms with van der Waals surface area (Å²) in [6, 6.07) is 0.599. The van der Waals surface area contributed by atoms with Gasteiger partial charge in [-0.05, 0) is 43.8 Å². The molecule has 4 heteroatoms. The zero-order chi connectivity index (χ0) is 13.1. The topological polar surface area (TPSA) is 41.5 Å². The predicted molar refractivity (Wildman–Crippen MR) is 79.6 cm³/mol. The molecule has 3 aliphatic rings. The quantitative estimate of drug-likeness (QED) is 0.834. The molecule has 3 fully saturated rings. The first kappa shape index (κ1) is 14.2. The number of aliphatic hydroxyl groups is 1. The number of hydrogen-bond acceptors (Lipinski definition) is 4. The molecule has 0 radical (unpaired) electrons. The van der Waals surface area contributed by atoms with Crippen molar-refractivity contribution in [3.8, 4) is 0 Å². The lowest BCUT2D eigenvalue weighted by Crippen LogP contribution is -2.49.